The Morgan fingerprint density at radius 1 is 0.303 bits per heavy atom. The highest BCUT2D eigenvalue weighted by Crippen LogP contribution is 2.38. The summed E-state index contributed by atoms with van der Waals surface area (Å²) in [5.74, 6) is -2.29. The largest absolute Gasteiger partial charge is 0.309 e. The molecule has 0 spiro atoms. The summed E-state index contributed by atoms with van der Waals surface area (Å²) in [5.41, 5.74) is -3.71. The lowest BCUT2D eigenvalue weighted by atomic mass is 10.1. The first-order valence-electron chi connectivity index (χ1n) is 38.0. The molecular formula is C69H46N6Si. The minimum Gasteiger partial charge on any atom is -0.309 e. The van der Waals surface area contributed by atoms with E-state index in [2.05, 4.69) is 0 Å². The Morgan fingerprint density at radius 3 is 1.13 bits per heavy atom. The van der Waals surface area contributed by atoms with E-state index in [9.17, 15) is 21.9 Å². The Bertz CT molecular complexity index is 6000. The molecule has 4 heterocycles. The molecule has 0 aliphatic heterocycles. The molecule has 0 amide bonds. The van der Waals surface area contributed by atoms with E-state index in [0.717, 1.165) is 13.7 Å². The average molecular weight is 1020 g/mol. The number of hydrogen-bond donors (Lipinski definition) is 0. The molecule has 11 aromatic carbocycles. The number of rotatable bonds is 9. The molecule has 0 fully saturated rings. The van der Waals surface area contributed by atoms with Gasteiger partial charge in [0.2, 0.25) is 11.9 Å². The van der Waals surface area contributed by atoms with Gasteiger partial charge < -0.3 is 4.57 Å². The Labute approximate surface area is 480 Å². The molecule has 0 unspecified atom stereocenters. The average Bonchev–Trinajstić information content (AvgIpc) is 1.56. The van der Waals surface area contributed by atoms with Gasteiger partial charge in [0.05, 0.1) is 78.5 Å². The lowest BCUT2D eigenvalue weighted by Gasteiger charge is -2.35. The van der Waals surface area contributed by atoms with Crippen LogP contribution in [0.1, 0.15) is 39.8 Å². The summed E-state index contributed by atoms with van der Waals surface area (Å²) in [7, 11) is -4.29. The van der Waals surface area contributed by atoms with Gasteiger partial charge >= 0.3 is 0 Å². The van der Waals surface area contributed by atoms with Crippen LogP contribution in [0.3, 0.4) is 0 Å². The predicted molar refractivity (Wildman–Crippen MR) is 317 cm³/mol. The summed E-state index contributed by atoms with van der Waals surface area (Å²) in [6.45, 7) is 0. The zero-order valence-corrected chi connectivity index (χ0v) is 40.0. The van der Waals surface area contributed by atoms with Crippen LogP contribution in [0.5, 0.6) is 0 Å². The molecule has 6 nitrogen and oxygen atoms in total. The van der Waals surface area contributed by atoms with Crippen LogP contribution in [-0.2, 0) is 0 Å². The molecular weight excluding hydrogens is 941 g/mol. The van der Waals surface area contributed by atoms with Crippen molar-refractivity contribution in [2.24, 2.45) is 0 Å². The summed E-state index contributed by atoms with van der Waals surface area (Å²) in [6.07, 6.45) is 0. The maximum absolute atomic E-state index is 9.78. The van der Waals surface area contributed by atoms with E-state index in [0.29, 0.717) is 20.7 Å². The Balaban J connectivity index is 1.23. The van der Waals surface area contributed by atoms with Crippen molar-refractivity contribution in [1.82, 2.24) is 28.7 Å². The highest BCUT2D eigenvalue weighted by Gasteiger charge is 2.42. The smallest absolute Gasteiger partial charge is 0.240 e. The fraction of sp³-hybridized carbons (Fsp3) is 0. The van der Waals surface area contributed by atoms with Crippen LogP contribution in [0.15, 0.2) is 278 Å². The molecule has 7 heteroatoms. The van der Waals surface area contributed by atoms with Gasteiger partial charge in [-0.1, -0.05) is 230 Å². The topological polar surface area (TPSA) is 53.5 Å². The second-order valence-corrected chi connectivity index (χ2v) is 21.2. The van der Waals surface area contributed by atoms with Crippen molar-refractivity contribution < 1.29 is 39.8 Å². The third-order valence-electron chi connectivity index (χ3n) is 13.5. The van der Waals surface area contributed by atoms with E-state index < -0.39 is 256 Å². The molecule has 15 rings (SSSR count). The standard InChI is InChI=1S/C69H46N6Si/c1-4-23-47(24-5-1)48-25-22-30-51(45-48)76(49-26-6-2-7-27-49,50-28-8-3-9-29-50)52-43-44-66(73-60-37-16-10-31-53(60)54-32-11-17-38-61(54)73)59(46-52)67-70-68(74-62-39-18-12-33-55(62)56-34-13-19-40-63(56)74)72-69(71-67)75-64-41-20-14-35-57(64)58-36-15-21-42-65(58)75/h1-46H/i1D,4D,5D,10D,11D,12D,13D,14D,15D,16D,17D,18D,19D,20D,21D,23D,24D,31D,32D,33D,34D,35D,36D,37D,38D,39D,40D,41D,42D. The number of hydrogen-bond acceptors (Lipinski definition) is 3. The minimum absolute atomic E-state index is 0.159. The van der Waals surface area contributed by atoms with Crippen molar-refractivity contribution in [2.75, 3.05) is 0 Å². The molecule has 4 aromatic heterocycles. The first-order chi connectivity index (χ1) is 49.7. The zero-order chi connectivity index (χ0) is 75.4. The summed E-state index contributed by atoms with van der Waals surface area (Å²) in [6, 6.07) is 6.57. The van der Waals surface area contributed by atoms with Crippen molar-refractivity contribution >= 4 is 94.2 Å². The van der Waals surface area contributed by atoms with Gasteiger partial charge in [-0.2, -0.15) is 15.0 Å². The third kappa shape index (κ3) is 6.69. The summed E-state index contributed by atoms with van der Waals surface area (Å²) in [5, 5.41) is -0.680. The molecule has 356 valence electrons. The highest BCUT2D eigenvalue weighted by atomic mass is 28.3. The van der Waals surface area contributed by atoms with Crippen LogP contribution in [0.2, 0.25) is 0 Å². The summed E-state index contributed by atoms with van der Waals surface area (Å²) >= 11 is 0. The third-order valence-corrected chi connectivity index (χ3v) is 18.3. The van der Waals surface area contributed by atoms with Crippen LogP contribution >= 0.6 is 0 Å². The fourth-order valence-corrected chi connectivity index (χ4v) is 15.2. The normalized spacial score (nSPS) is 17.3. The van der Waals surface area contributed by atoms with Crippen LogP contribution < -0.4 is 20.7 Å². The number of aromatic nitrogens is 6. The van der Waals surface area contributed by atoms with E-state index in [-0.39, 0.29) is 33.2 Å². The van der Waals surface area contributed by atoms with Gasteiger partial charge in [0.15, 0.2) is 13.9 Å². The van der Waals surface area contributed by atoms with Crippen LogP contribution in [-0.4, -0.2) is 36.7 Å². The Morgan fingerprint density at radius 2 is 0.684 bits per heavy atom. The maximum atomic E-state index is 9.78. The predicted octanol–water partition coefficient (Wildman–Crippen LogP) is 13.9. The fourth-order valence-electron chi connectivity index (χ4n) is 10.4. The van der Waals surface area contributed by atoms with Gasteiger partial charge in [-0.3, -0.25) is 9.13 Å². The van der Waals surface area contributed by atoms with Gasteiger partial charge in [-0.15, -0.1) is 0 Å². The van der Waals surface area contributed by atoms with Gasteiger partial charge in [0, 0.05) is 37.9 Å². The molecule has 0 saturated carbocycles. The lowest BCUT2D eigenvalue weighted by Crippen LogP contribution is -2.74. The Hall–Kier alpha value is -9.95. The Kier molecular flexibility index (Phi) is 5.45. The molecule has 0 radical (unpaired) electrons. The van der Waals surface area contributed by atoms with Crippen molar-refractivity contribution in [2.45, 2.75) is 0 Å². The van der Waals surface area contributed by atoms with E-state index in [1.54, 1.807) is 72.8 Å². The molecule has 0 saturated heterocycles. The van der Waals surface area contributed by atoms with Gasteiger partial charge in [-0.05, 0) is 80.3 Å². The molecule has 0 atom stereocenters. The molecule has 0 N–H and O–H groups in total. The SMILES string of the molecule is [2H]c1c([2H])c([2H])c(-c2cccc([Si](c3ccccc3)(c3ccccc3)c3ccc(-n4c5c([2H])c([2H])c([2H])c([2H])c5c5c([2H])c([2H])c([2H])c([2H])c54)c(-c4nc(-n5c6c([2H])c([2H])c([2H])c([2H])c6c6c([2H])c([2H])c([2H])c([2H])c65)nc(-n5c6c([2H])c([2H])c([2H])c([2H])c6c6c([2H])c([2H])c([2H])c([2H])c65)n4)c3)c2)c([2H])c1[2H]. The van der Waals surface area contributed by atoms with E-state index in [1.165, 1.54) is 6.07 Å². The molecule has 76 heavy (non-hydrogen) atoms. The van der Waals surface area contributed by atoms with Crippen LogP contribution in [0.4, 0.5) is 0 Å². The van der Waals surface area contributed by atoms with Gasteiger partial charge in [0.25, 0.3) is 0 Å². The number of nitrogens with zero attached hydrogens (tertiary/aromatic N) is 6. The summed E-state index contributed by atoms with van der Waals surface area (Å²) < 4.78 is 271. The number of benzene rings is 11. The monoisotopic (exact) mass is 1020 g/mol. The van der Waals surface area contributed by atoms with Crippen LogP contribution in [0, 0.1) is 0 Å². The number of fused-ring (bicyclic) bond motifs is 9. The first kappa shape index (κ1) is 23.5. The molecule has 15 aromatic rings. The van der Waals surface area contributed by atoms with Crippen molar-refractivity contribution in [1.29, 1.82) is 0 Å². The quantitative estimate of drug-likeness (QED) is 0.107. The second-order valence-electron chi connectivity index (χ2n) is 17.4. The molecule has 0 aliphatic rings. The molecule has 0 aliphatic carbocycles. The first-order valence-corrected chi connectivity index (χ1v) is 25.5. The van der Waals surface area contributed by atoms with Gasteiger partial charge in [0.1, 0.15) is 0 Å². The second kappa shape index (κ2) is 17.6. The highest BCUT2D eigenvalue weighted by molar-refractivity contribution is 7.20. The van der Waals surface area contributed by atoms with E-state index in [1.807, 2.05) is 24.3 Å². The van der Waals surface area contributed by atoms with E-state index >= 15 is 0 Å². The zero-order valence-electron chi connectivity index (χ0n) is 68.0. The number of para-hydroxylation sites is 6. The van der Waals surface area contributed by atoms with Crippen molar-refractivity contribution in [3.8, 4) is 40.1 Å². The van der Waals surface area contributed by atoms with Crippen molar-refractivity contribution in [3.63, 3.8) is 0 Å². The van der Waals surface area contributed by atoms with Crippen molar-refractivity contribution in [3.05, 3.63) is 278 Å². The van der Waals surface area contributed by atoms with E-state index in [4.69, 9.17) is 32.8 Å². The lowest BCUT2D eigenvalue weighted by molar-refractivity contribution is 0.892. The summed E-state index contributed by atoms with van der Waals surface area (Å²) in [4.78, 5) is 15.2. The van der Waals surface area contributed by atoms with Gasteiger partial charge in [-0.25, -0.2) is 0 Å². The van der Waals surface area contributed by atoms with Crippen LogP contribution in [0.25, 0.3) is 106 Å². The molecule has 0 bridgehead atoms. The maximum Gasteiger partial charge on any atom is 0.240 e. The minimum atomic E-state index is -4.29.